The average molecular weight is 476 g/mol. The Balaban J connectivity index is 1.36. The first kappa shape index (κ1) is 22.7. The molecule has 1 unspecified atom stereocenters. The summed E-state index contributed by atoms with van der Waals surface area (Å²) in [7, 11) is 0. The van der Waals surface area contributed by atoms with Gasteiger partial charge in [-0.15, -0.1) is 11.3 Å². The number of fused-ring (bicyclic) bond motifs is 1. The van der Waals surface area contributed by atoms with Crippen molar-refractivity contribution in [2.75, 3.05) is 26.2 Å². The summed E-state index contributed by atoms with van der Waals surface area (Å²) in [6.07, 6.45) is 9.89. The van der Waals surface area contributed by atoms with E-state index in [9.17, 15) is 15.0 Å². The average Bonchev–Trinajstić information content (AvgIpc) is 3.23. The normalized spacial score (nSPS) is 18.7. The Labute approximate surface area is 203 Å². The molecule has 0 spiro atoms. The van der Waals surface area contributed by atoms with Crippen molar-refractivity contribution in [2.45, 2.75) is 31.6 Å². The summed E-state index contributed by atoms with van der Waals surface area (Å²) in [6.45, 7) is 3.87. The lowest BCUT2D eigenvalue weighted by atomic mass is 9.91. The predicted octanol–water partition coefficient (Wildman–Crippen LogP) is 6.19. The smallest absolute Gasteiger partial charge is 0.194 e. The molecule has 0 amide bonds. The molecule has 0 radical (unpaired) electrons. The summed E-state index contributed by atoms with van der Waals surface area (Å²) >= 11 is 1.52. The van der Waals surface area contributed by atoms with Crippen LogP contribution in [-0.2, 0) is 0 Å². The largest absolute Gasteiger partial charge is 0.508 e. The maximum atomic E-state index is 13.7. The molecule has 2 N–H and O–H groups in total. The highest BCUT2D eigenvalue weighted by molar-refractivity contribution is 7.19. The Morgan fingerprint density at radius 2 is 1.85 bits per heavy atom. The Morgan fingerprint density at radius 3 is 2.59 bits per heavy atom. The van der Waals surface area contributed by atoms with Crippen LogP contribution in [0.2, 0.25) is 0 Å². The number of aliphatic hydroxyl groups excluding tert-OH is 1. The third-order valence-corrected chi connectivity index (χ3v) is 7.87. The molecule has 1 fully saturated rings. The number of thiophene rings is 1. The number of carbonyl (C=O) groups excluding carboxylic acids is 1. The zero-order valence-corrected chi connectivity index (χ0v) is 19.9. The molecule has 1 saturated heterocycles. The quantitative estimate of drug-likeness (QED) is 0.399. The minimum absolute atomic E-state index is 0.00628. The fourth-order valence-electron chi connectivity index (χ4n) is 4.73. The summed E-state index contributed by atoms with van der Waals surface area (Å²) < 4.78 is 6.81. The summed E-state index contributed by atoms with van der Waals surface area (Å²) in [5.41, 5.74) is 1.28. The van der Waals surface area contributed by atoms with Crippen LogP contribution in [0.4, 0.5) is 0 Å². The molecule has 5 nitrogen and oxygen atoms in total. The van der Waals surface area contributed by atoms with E-state index in [1.54, 1.807) is 24.3 Å². The van der Waals surface area contributed by atoms with E-state index < -0.39 is 0 Å². The van der Waals surface area contributed by atoms with Crippen LogP contribution >= 0.6 is 11.3 Å². The highest BCUT2D eigenvalue weighted by atomic mass is 32.1. The van der Waals surface area contributed by atoms with Crippen molar-refractivity contribution in [3.05, 3.63) is 82.5 Å². The molecule has 176 valence electrons. The lowest BCUT2D eigenvalue weighted by Crippen LogP contribution is -2.33. The molecule has 0 saturated carbocycles. The van der Waals surface area contributed by atoms with E-state index in [2.05, 4.69) is 4.90 Å². The van der Waals surface area contributed by atoms with Crippen LogP contribution in [0.5, 0.6) is 11.5 Å². The Hall–Kier alpha value is -3.09. The molecule has 2 aromatic carbocycles. The van der Waals surface area contributed by atoms with Gasteiger partial charge in [-0.05, 0) is 87.0 Å². The number of aliphatic hydroxyl groups is 1. The number of phenolic OH excluding ortho intramolecular Hbond substituents is 1. The highest BCUT2D eigenvalue weighted by Crippen LogP contribution is 2.41. The van der Waals surface area contributed by atoms with Gasteiger partial charge in [-0.25, -0.2) is 0 Å². The van der Waals surface area contributed by atoms with Crippen molar-refractivity contribution in [2.24, 2.45) is 0 Å². The van der Waals surface area contributed by atoms with Crippen molar-refractivity contribution in [1.82, 2.24) is 4.90 Å². The molecule has 1 aliphatic carbocycles. The second kappa shape index (κ2) is 10.0. The van der Waals surface area contributed by atoms with Gasteiger partial charge >= 0.3 is 0 Å². The van der Waals surface area contributed by atoms with E-state index in [-0.39, 0.29) is 23.2 Å². The van der Waals surface area contributed by atoms with Crippen LogP contribution in [0.3, 0.4) is 0 Å². The van der Waals surface area contributed by atoms with Gasteiger partial charge in [0.25, 0.3) is 0 Å². The number of piperidine rings is 1. The lowest BCUT2D eigenvalue weighted by molar-refractivity contribution is 0.103. The van der Waals surface area contributed by atoms with Crippen molar-refractivity contribution in [3.8, 4) is 11.5 Å². The molecular formula is C28H29NO4S. The van der Waals surface area contributed by atoms with Crippen molar-refractivity contribution in [3.63, 3.8) is 0 Å². The molecular weight excluding hydrogens is 446 g/mol. The zero-order chi connectivity index (χ0) is 23.5. The Bertz CT molecular complexity index is 1240. The van der Waals surface area contributed by atoms with E-state index in [0.717, 1.165) is 40.3 Å². The van der Waals surface area contributed by atoms with E-state index in [0.29, 0.717) is 24.2 Å². The third kappa shape index (κ3) is 4.88. The first-order valence-electron chi connectivity index (χ1n) is 11.9. The van der Waals surface area contributed by atoms with Crippen LogP contribution in [0.1, 0.15) is 52.4 Å². The van der Waals surface area contributed by atoms with Gasteiger partial charge in [0.05, 0.1) is 0 Å². The van der Waals surface area contributed by atoms with Crippen LogP contribution in [0.15, 0.2) is 66.5 Å². The van der Waals surface area contributed by atoms with E-state index >= 15 is 0 Å². The molecule has 5 rings (SSSR count). The van der Waals surface area contributed by atoms with Crippen LogP contribution in [-0.4, -0.2) is 47.1 Å². The number of ketones is 1. The molecule has 1 aromatic heterocycles. The third-order valence-electron chi connectivity index (χ3n) is 6.59. The van der Waals surface area contributed by atoms with Crippen molar-refractivity contribution in [1.29, 1.82) is 0 Å². The van der Waals surface area contributed by atoms with Gasteiger partial charge in [0.2, 0.25) is 0 Å². The van der Waals surface area contributed by atoms with Crippen LogP contribution < -0.4 is 4.74 Å². The highest BCUT2D eigenvalue weighted by Gasteiger charge is 2.25. The number of allylic oxidation sites excluding steroid dienone is 3. The lowest BCUT2D eigenvalue weighted by Gasteiger charge is -2.26. The second-order valence-electron chi connectivity index (χ2n) is 8.96. The number of aromatic hydroxyl groups is 1. The van der Waals surface area contributed by atoms with Crippen molar-refractivity contribution >= 4 is 27.2 Å². The summed E-state index contributed by atoms with van der Waals surface area (Å²) in [4.78, 5) is 17.1. The van der Waals surface area contributed by atoms with E-state index in [1.807, 2.05) is 36.4 Å². The fourth-order valence-corrected chi connectivity index (χ4v) is 6.05. The minimum atomic E-state index is -0.0426. The number of phenols is 1. The van der Waals surface area contributed by atoms with Gasteiger partial charge in [0.1, 0.15) is 23.9 Å². The maximum Gasteiger partial charge on any atom is 0.194 e. The first-order chi connectivity index (χ1) is 16.6. The second-order valence-corrected chi connectivity index (χ2v) is 10.0. The minimum Gasteiger partial charge on any atom is -0.508 e. The number of hydrogen-bond acceptors (Lipinski definition) is 6. The molecule has 2 heterocycles. The molecule has 34 heavy (non-hydrogen) atoms. The molecule has 0 bridgehead atoms. The van der Waals surface area contributed by atoms with Gasteiger partial charge in [-0.1, -0.05) is 12.5 Å². The first-order valence-corrected chi connectivity index (χ1v) is 12.7. The van der Waals surface area contributed by atoms with Gasteiger partial charge in [-0.2, -0.15) is 0 Å². The maximum absolute atomic E-state index is 13.7. The molecule has 6 heteroatoms. The number of carbonyl (C=O) groups is 1. The molecule has 1 aliphatic heterocycles. The van der Waals surface area contributed by atoms with Gasteiger partial charge in [0, 0.05) is 38.6 Å². The van der Waals surface area contributed by atoms with E-state index in [1.165, 1.54) is 30.6 Å². The molecule has 3 aromatic rings. The van der Waals surface area contributed by atoms with Gasteiger partial charge in [0.15, 0.2) is 5.78 Å². The summed E-state index contributed by atoms with van der Waals surface area (Å²) in [5.74, 6) is 1.16. The SMILES string of the molecule is O=C(c1ccc(OCCN2CCCCC2)cc1)c1c(C2C=CC(O)=CC2)sc2cc(O)ccc12. The van der Waals surface area contributed by atoms with Gasteiger partial charge < -0.3 is 14.9 Å². The number of ether oxygens (including phenoxy) is 1. The Morgan fingerprint density at radius 1 is 1.06 bits per heavy atom. The number of hydrogen-bond donors (Lipinski definition) is 2. The Kier molecular flexibility index (Phi) is 6.70. The van der Waals surface area contributed by atoms with Crippen molar-refractivity contribution < 1.29 is 19.7 Å². The van der Waals surface area contributed by atoms with Gasteiger partial charge in [-0.3, -0.25) is 9.69 Å². The monoisotopic (exact) mass is 475 g/mol. The number of nitrogens with zero attached hydrogens (tertiary/aromatic N) is 1. The van der Waals surface area contributed by atoms with Crippen LogP contribution in [0, 0.1) is 0 Å². The van der Waals surface area contributed by atoms with Crippen LogP contribution in [0.25, 0.3) is 10.1 Å². The standard InChI is InChI=1S/C28H29NO4S/c30-21-8-4-20(5-9-21)28-26(24-13-10-22(31)18-25(24)34-28)27(32)19-6-11-23(12-7-19)33-17-16-29-14-2-1-3-15-29/h4,6-13,18,20,30-31H,1-3,5,14-17H2. The summed E-state index contributed by atoms with van der Waals surface area (Å²) in [6, 6.07) is 12.5. The predicted molar refractivity (Wildman–Crippen MR) is 136 cm³/mol. The van der Waals surface area contributed by atoms with E-state index in [4.69, 9.17) is 4.74 Å². The molecule has 1 atom stereocenters. The number of likely N-dealkylation sites (tertiary alicyclic amines) is 1. The fraction of sp³-hybridized carbons (Fsp3) is 0.321. The molecule has 2 aliphatic rings. The zero-order valence-electron chi connectivity index (χ0n) is 19.1. The number of benzene rings is 2. The topological polar surface area (TPSA) is 70.0 Å². The number of rotatable bonds is 7. The summed E-state index contributed by atoms with van der Waals surface area (Å²) in [5, 5.41) is 20.5.